The van der Waals surface area contributed by atoms with Crippen LogP contribution in [0.15, 0.2) is 54.9 Å². The molecule has 0 saturated carbocycles. The highest BCUT2D eigenvalue weighted by atomic mass is 15.2. The summed E-state index contributed by atoms with van der Waals surface area (Å²) in [6, 6.07) is 16.5. The third-order valence-electron chi connectivity index (χ3n) is 3.62. The van der Waals surface area contributed by atoms with Gasteiger partial charge in [0.25, 0.3) is 0 Å². The lowest BCUT2D eigenvalue weighted by atomic mass is 10.1. The van der Waals surface area contributed by atoms with Crippen LogP contribution < -0.4 is 10.2 Å². The number of para-hydroxylation sites is 3. The summed E-state index contributed by atoms with van der Waals surface area (Å²) in [5, 5.41) is 4.51. The molecule has 0 bridgehead atoms. The number of hydrogen-bond donors (Lipinski definition) is 1. The summed E-state index contributed by atoms with van der Waals surface area (Å²) in [5.74, 6) is 0.976. The van der Waals surface area contributed by atoms with Crippen LogP contribution in [0.4, 0.5) is 17.2 Å². The lowest BCUT2D eigenvalue weighted by molar-refractivity contribution is 0.909. The van der Waals surface area contributed by atoms with Crippen LogP contribution in [0.2, 0.25) is 0 Å². The second-order valence-electron chi connectivity index (χ2n) is 4.81. The third-order valence-corrected chi connectivity index (χ3v) is 3.62. The third kappa shape index (κ3) is 1.69. The van der Waals surface area contributed by atoms with Crippen molar-refractivity contribution < 1.29 is 0 Å². The summed E-state index contributed by atoms with van der Waals surface area (Å²) in [4.78, 5) is 11.1. The largest absolute Gasteiger partial charge is 0.382 e. The fourth-order valence-corrected chi connectivity index (χ4v) is 2.71. The molecule has 20 heavy (non-hydrogen) atoms. The van der Waals surface area contributed by atoms with Gasteiger partial charge in [0, 0.05) is 18.5 Å². The van der Waals surface area contributed by atoms with Crippen LogP contribution in [0, 0.1) is 0 Å². The quantitative estimate of drug-likeness (QED) is 0.731. The number of rotatable bonds is 1. The Kier molecular flexibility index (Phi) is 2.52. The zero-order valence-electron chi connectivity index (χ0n) is 11.0. The predicted molar refractivity (Wildman–Crippen MR) is 81.5 cm³/mol. The van der Waals surface area contributed by atoms with E-state index in [1.165, 1.54) is 5.69 Å². The van der Waals surface area contributed by atoms with Gasteiger partial charge in [-0.1, -0.05) is 24.3 Å². The number of benzene rings is 2. The molecule has 1 aliphatic heterocycles. The van der Waals surface area contributed by atoms with Crippen molar-refractivity contribution in [1.29, 1.82) is 0 Å². The molecule has 0 aliphatic carbocycles. The highest BCUT2D eigenvalue weighted by molar-refractivity contribution is 5.93. The van der Waals surface area contributed by atoms with Gasteiger partial charge in [-0.25, -0.2) is 9.97 Å². The Morgan fingerprint density at radius 2 is 1.80 bits per heavy atom. The molecule has 98 valence electrons. The van der Waals surface area contributed by atoms with Gasteiger partial charge in [-0.15, -0.1) is 0 Å². The summed E-state index contributed by atoms with van der Waals surface area (Å²) >= 11 is 0. The van der Waals surface area contributed by atoms with Crippen molar-refractivity contribution in [2.24, 2.45) is 0 Å². The van der Waals surface area contributed by atoms with E-state index in [9.17, 15) is 0 Å². The van der Waals surface area contributed by atoms with Crippen LogP contribution in [0.25, 0.3) is 10.9 Å². The average molecular weight is 262 g/mol. The normalized spacial score (nSPS) is 13.9. The Morgan fingerprint density at radius 3 is 2.80 bits per heavy atom. The summed E-state index contributed by atoms with van der Waals surface area (Å²) in [6.07, 6.45) is 1.64. The van der Waals surface area contributed by atoms with Gasteiger partial charge in [0.15, 0.2) is 0 Å². The van der Waals surface area contributed by atoms with Crippen molar-refractivity contribution in [2.45, 2.75) is 0 Å². The van der Waals surface area contributed by atoms with Crippen LogP contribution in [0.1, 0.15) is 0 Å². The van der Waals surface area contributed by atoms with E-state index in [-0.39, 0.29) is 0 Å². The first-order valence-corrected chi connectivity index (χ1v) is 6.74. The van der Waals surface area contributed by atoms with Gasteiger partial charge in [-0.2, -0.15) is 0 Å². The lowest BCUT2D eigenvalue weighted by Gasteiger charge is -2.31. The monoisotopic (exact) mass is 262 g/mol. The van der Waals surface area contributed by atoms with Crippen molar-refractivity contribution in [3.05, 3.63) is 54.9 Å². The molecule has 4 heteroatoms. The maximum absolute atomic E-state index is 4.52. The topological polar surface area (TPSA) is 41.0 Å². The van der Waals surface area contributed by atoms with E-state index in [1.807, 2.05) is 24.3 Å². The number of nitrogens with zero attached hydrogens (tertiary/aromatic N) is 3. The van der Waals surface area contributed by atoms with Gasteiger partial charge in [-0.05, 0) is 24.3 Å². The van der Waals surface area contributed by atoms with E-state index in [0.717, 1.165) is 35.5 Å². The summed E-state index contributed by atoms with van der Waals surface area (Å²) < 4.78 is 0. The Hall–Kier alpha value is -2.62. The Labute approximate surface area is 117 Å². The van der Waals surface area contributed by atoms with Crippen molar-refractivity contribution in [1.82, 2.24) is 9.97 Å². The molecule has 0 saturated heterocycles. The number of aromatic nitrogens is 2. The molecular weight excluding hydrogens is 248 g/mol. The molecule has 2 aromatic carbocycles. The average Bonchev–Trinajstić information content (AvgIpc) is 2.54. The van der Waals surface area contributed by atoms with Gasteiger partial charge >= 0.3 is 0 Å². The van der Waals surface area contributed by atoms with Crippen molar-refractivity contribution in [3.63, 3.8) is 0 Å². The van der Waals surface area contributed by atoms with Gasteiger partial charge in [0.2, 0.25) is 0 Å². The van der Waals surface area contributed by atoms with Gasteiger partial charge < -0.3 is 10.2 Å². The lowest BCUT2D eigenvalue weighted by Crippen LogP contribution is -2.30. The standard InChI is InChI=1S/C16H14N4/c1-2-6-13-12(5-1)16(19-11-18-13)20-10-9-17-14-7-3-4-8-15(14)20/h1-8,11,17H,9-10H2. The maximum Gasteiger partial charge on any atom is 0.144 e. The van der Waals surface area contributed by atoms with E-state index in [0.29, 0.717) is 0 Å². The second kappa shape index (κ2) is 4.49. The van der Waals surface area contributed by atoms with E-state index < -0.39 is 0 Å². The molecule has 1 aliphatic rings. The Morgan fingerprint density at radius 1 is 0.950 bits per heavy atom. The van der Waals surface area contributed by atoms with Crippen molar-refractivity contribution >= 4 is 28.1 Å². The van der Waals surface area contributed by atoms with Crippen LogP contribution in [-0.2, 0) is 0 Å². The molecule has 0 radical (unpaired) electrons. The molecule has 4 rings (SSSR count). The minimum atomic E-state index is 0.901. The summed E-state index contributed by atoms with van der Waals surface area (Å²) in [7, 11) is 0. The van der Waals surface area contributed by atoms with E-state index in [4.69, 9.17) is 0 Å². The van der Waals surface area contributed by atoms with E-state index in [1.54, 1.807) is 6.33 Å². The molecule has 0 fully saturated rings. The van der Waals surface area contributed by atoms with Crippen LogP contribution in [0.3, 0.4) is 0 Å². The molecule has 3 aromatic rings. The maximum atomic E-state index is 4.52. The fourth-order valence-electron chi connectivity index (χ4n) is 2.71. The molecule has 1 N–H and O–H groups in total. The van der Waals surface area contributed by atoms with Crippen molar-refractivity contribution in [3.8, 4) is 0 Å². The van der Waals surface area contributed by atoms with Crippen molar-refractivity contribution in [2.75, 3.05) is 23.3 Å². The zero-order valence-corrected chi connectivity index (χ0v) is 11.0. The minimum absolute atomic E-state index is 0.901. The molecule has 4 nitrogen and oxygen atoms in total. The molecule has 1 aromatic heterocycles. The van der Waals surface area contributed by atoms with E-state index in [2.05, 4.69) is 44.5 Å². The molecule has 0 atom stereocenters. The fraction of sp³-hybridized carbons (Fsp3) is 0.125. The van der Waals surface area contributed by atoms with Crippen LogP contribution in [0.5, 0.6) is 0 Å². The van der Waals surface area contributed by atoms with Gasteiger partial charge in [0.1, 0.15) is 12.1 Å². The first-order chi connectivity index (χ1) is 9.93. The summed E-state index contributed by atoms with van der Waals surface area (Å²) in [5.41, 5.74) is 3.30. The number of nitrogens with one attached hydrogen (secondary N) is 1. The Balaban J connectivity index is 1.93. The zero-order chi connectivity index (χ0) is 13.4. The second-order valence-corrected chi connectivity index (χ2v) is 4.81. The molecular formula is C16H14N4. The SMILES string of the molecule is c1ccc2c(c1)NCCN2c1ncnc2ccccc12. The molecule has 0 spiro atoms. The minimum Gasteiger partial charge on any atom is -0.382 e. The number of fused-ring (bicyclic) bond motifs is 2. The highest BCUT2D eigenvalue weighted by Crippen LogP contribution is 2.35. The first kappa shape index (κ1) is 11.2. The Bertz CT molecular complexity index is 764. The predicted octanol–water partition coefficient (Wildman–Crippen LogP) is 3.19. The first-order valence-electron chi connectivity index (χ1n) is 6.74. The number of anilines is 3. The van der Waals surface area contributed by atoms with Crippen LogP contribution in [-0.4, -0.2) is 23.1 Å². The van der Waals surface area contributed by atoms with Gasteiger partial charge in [-0.3, -0.25) is 0 Å². The molecule has 0 amide bonds. The van der Waals surface area contributed by atoms with Crippen LogP contribution >= 0.6 is 0 Å². The smallest absolute Gasteiger partial charge is 0.144 e. The number of hydrogen-bond acceptors (Lipinski definition) is 4. The van der Waals surface area contributed by atoms with E-state index >= 15 is 0 Å². The van der Waals surface area contributed by atoms with Gasteiger partial charge in [0.05, 0.1) is 16.9 Å². The molecule has 2 heterocycles. The summed E-state index contributed by atoms with van der Waals surface area (Å²) in [6.45, 7) is 1.81. The highest BCUT2D eigenvalue weighted by Gasteiger charge is 2.20. The molecule has 0 unspecified atom stereocenters.